The van der Waals surface area contributed by atoms with E-state index in [-0.39, 0.29) is 11.9 Å². The average molecular weight is 394 g/mol. The van der Waals surface area contributed by atoms with Gasteiger partial charge < -0.3 is 5.32 Å². The lowest BCUT2D eigenvalue weighted by molar-refractivity contribution is 0.0940. The van der Waals surface area contributed by atoms with E-state index < -0.39 is 0 Å². The van der Waals surface area contributed by atoms with Gasteiger partial charge in [0.1, 0.15) is 5.15 Å². The van der Waals surface area contributed by atoms with Crippen LogP contribution in [-0.2, 0) is 6.54 Å². The van der Waals surface area contributed by atoms with Crippen molar-refractivity contribution in [2.45, 2.75) is 26.4 Å². The number of benzene rings is 1. The number of aryl methyl sites for hydroxylation is 1. The minimum Gasteiger partial charge on any atom is -0.345 e. The smallest absolute Gasteiger partial charge is 0.256 e. The van der Waals surface area contributed by atoms with Crippen molar-refractivity contribution < 1.29 is 4.79 Å². The number of carbonyl (C=O) groups is 1. The molecule has 7 heteroatoms. The van der Waals surface area contributed by atoms with E-state index in [1.54, 1.807) is 11.6 Å². The maximum atomic E-state index is 12.7. The summed E-state index contributed by atoms with van der Waals surface area (Å²) in [5, 5.41) is 7.72. The number of thiophene rings is 1. The van der Waals surface area contributed by atoms with Crippen molar-refractivity contribution in [1.29, 1.82) is 0 Å². The number of rotatable bonds is 5. The molecule has 1 unspecified atom stereocenters. The van der Waals surface area contributed by atoms with Crippen molar-refractivity contribution >= 4 is 40.4 Å². The Bertz CT molecular complexity index is 889. The molecule has 25 heavy (non-hydrogen) atoms. The first-order chi connectivity index (χ1) is 12.0. The Morgan fingerprint density at radius 3 is 2.60 bits per heavy atom. The summed E-state index contributed by atoms with van der Waals surface area (Å²) in [5.74, 6) is -0.237. The summed E-state index contributed by atoms with van der Waals surface area (Å²) >= 11 is 13.8. The van der Waals surface area contributed by atoms with Gasteiger partial charge >= 0.3 is 0 Å². The van der Waals surface area contributed by atoms with Crippen LogP contribution in [-0.4, -0.2) is 15.7 Å². The van der Waals surface area contributed by atoms with Crippen molar-refractivity contribution in [3.63, 3.8) is 0 Å². The molecule has 3 rings (SSSR count). The lowest BCUT2D eigenvalue weighted by Crippen LogP contribution is -2.26. The predicted octanol–water partition coefficient (Wildman–Crippen LogP) is 5.10. The average Bonchev–Trinajstić information content (AvgIpc) is 3.12. The standard InChI is InChI=1S/C18H17Cl2N3OS/c1-11(14-8-9-15(19)25-14)21-18(24)16-12(2)22-23(17(16)20)10-13-6-4-3-5-7-13/h3-9,11H,10H2,1-2H3,(H,21,24). The minimum absolute atomic E-state index is 0.155. The van der Waals surface area contributed by atoms with E-state index in [2.05, 4.69) is 10.4 Å². The van der Waals surface area contributed by atoms with Gasteiger partial charge in [-0.3, -0.25) is 4.79 Å². The zero-order valence-electron chi connectivity index (χ0n) is 13.8. The number of hydrogen-bond donors (Lipinski definition) is 1. The summed E-state index contributed by atoms with van der Waals surface area (Å²) in [7, 11) is 0. The highest BCUT2D eigenvalue weighted by Crippen LogP contribution is 2.28. The number of nitrogens with zero attached hydrogens (tertiary/aromatic N) is 2. The molecule has 1 aromatic carbocycles. The molecule has 2 aromatic heterocycles. The molecule has 0 saturated heterocycles. The normalized spacial score (nSPS) is 12.2. The van der Waals surface area contributed by atoms with Crippen LogP contribution in [0.5, 0.6) is 0 Å². The number of aromatic nitrogens is 2. The van der Waals surface area contributed by atoms with E-state index in [1.165, 1.54) is 11.3 Å². The maximum absolute atomic E-state index is 12.7. The zero-order valence-corrected chi connectivity index (χ0v) is 16.1. The molecule has 0 saturated carbocycles. The monoisotopic (exact) mass is 393 g/mol. The molecule has 4 nitrogen and oxygen atoms in total. The first kappa shape index (κ1) is 18.0. The third-order valence-corrected chi connectivity index (χ3v) is 5.63. The van der Waals surface area contributed by atoms with Crippen LogP contribution in [0.25, 0.3) is 0 Å². The number of halogens is 2. The molecule has 0 fully saturated rings. The third-order valence-electron chi connectivity index (χ3n) is 3.84. The van der Waals surface area contributed by atoms with E-state index in [0.29, 0.717) is 27.3 Å². The van der Waals surface area contributed by atoms with Gasteiger partial charge in [0.15, 0.2) is 0 Å². The van der Waals surface area contributed by atoms with E-state index in [4.69, 9.17) is 23.2 Å². The Kier molecular flexibility index (Phi) is 5.47. The summed E-state index contributed by atoms with van der Waals surface area (Å²) in [4.78, 5) is 13.7. The third kappa shape index (κ3) is 4.06. The van der Waals surface area contributed by atoms with Gasteiger partial charge in [-0.25, -0.2) is 4.68 Å². The fourth-order valence-electron chi connectivity index (χ4n) is 2.57. The highest BCUT2D eigenvalue weighted by atomic mass is 35.5. The second-order valence-electron chi connectivity index (χ2n) is 5.73. The van der Waals surface area contributed by atoms with Crippen molar-refractivity contribution in [3.8, 4) is 0 Å². The number of nitrogens with one attached hydrogen (secondary N) is 1. The molecular formula is C18H17Cl2N3OS. The fourth-order valence-corrected chi connectivity index (χ4v) is 3.96. The molecule has 0 aliphatic carbocycles. The molecule has 0 spiro atoms. The topological polar surface area (TPSA) is 46.9 Å². The molecule has 1 atom stereocenters. The van der Waals surface area contributed by atoms with E-state index in [0.717, 1.165) is 10.4 Å². The number of amides is 1. The van der Waals surface area contributed by atoms with E-state index in [1.807, 2.05) is 49.4 Å². The van der Waals surface area contributed by atoms with Crippen molar-refractivity contribution in [3.05, 3.63) is 73.7 Å². The second-order valence-corrected chi connectivity index (χ2v) is 7.84. The highest BCUT2D eigenvalue weighted by Gasteiger charge is 2.22. The van der Waals surface area contributed by atoms with Gasteiger partial charge in [-0.1, -0.05) is 53.5 Å². The molecule has 1 N–H and O–H groups in total. The van der Waals surface area contributed by atoms with Crippen LogP contribution in [0.2, 0.25) is 9.49 Å². The maximum Gasteiger partial charge on any atom is 0.256 e. The van der Waals surface area contributed by atoms with Crippen LogP contribution in [0, 0.1) is 6.92 Å². The largest absolute Gasteiger partial charge is 0.345 e. The van der Waals surface area contributed by atoms with Gasteiger partial charge in [0.05, 0.1) is 28.2 Å². The van der Waals surface area contributed by atoms with Crippen LogP contribution in [0.4, 0.5) is 0 Å². The van der Waals surface area contributed by atoms with Gasteiger partial charge in [-0.05, 0) is 31.5 Å². The second kappa shape index (κ2) is 7.60. The summed E-state index contributed by atoms with van der Waals surface area (Å²) in [6.45, 7) is 4.22. The Morgan fingerprint density at radius 1 is 1.24 bits per heavy atom. The lowest BCUT2D eigenvalue weighted by atomic mass is 10.2. The van der Waals surface area contributed by atoms with Crippen LogP contribution < -0.4 is 5.32 Å². The molecule has 0 bridgehead atoms. The minimum atomic E-state index is -0.237. The number of hydrogen-bond acceptors (Lipinski definition) is 3. The van der Waals surface area contributed by atoms with Crippen LogP contribution >= 0.6 is 34.5 Å². The Hall–Kier alpha value is -1.82. The van der Waals surface area contributed by atoms with Gasteiger partial charge in [0.2, 0.25) is 0 Å². The highest BCUT2D eigenvalue weighted by molar-refractivity contribution is 7.16. The van der Waals surface area contributed by atoms with Crippen LogP contribution in [0.15, 0.2) is 42.5 Å². The first-order valence-corrected chi connectivity index (χ1v) is 9.36. The Balaban J connectivity index is 1.78. The summed E-state index contributed by atoms with van der Waals surface area (Å²) in [6.07, 6.45) is 0. The van der Waals surface area contributed by atoms with Crippen LogP contribution in [0.3, 0.4) is 0 Å². The predicted molar refractivity (Wildman–Crippen MR) is 103 cm³/mol. The zero-order chi connectivity index (χ0) is 18.0. The Morgan fingerprint density at radius 2 is 1.96 bits per heavy atom. The van der Waals surface area contributed by atoms with Crippen LogP contribution in [0.1, 0.15) is 39.5 Å². The van der Waals surface area contributed by atoms with Gasteiger partial charge in [0, 0.05) is 4.88 Å². The summed E-state index contributed by atoms with van der Waals surface area (Å²) < 4.78 is 2.34. The van der Waals surface area contributed by atoms with Gasteiger partial charge in [-0.2, -0.15) is 5.10 Å². The van der Waals surface area contributed by atoms with E-state index >= 15 is 0 Å². The lowest BCUT2D eigenvalue weighted by Gasteiger charge is -2.12. The molecule has 1 amide bonds. The SMILES string of the molecule is Cc1nn(Cc2ccccc2)c(Cl)c1C(=O)NC(C)c1ccc(Cl)s1. The van der Waals surface area contributed by atoms with E-state index in [9.17, 15) is 4.79 Å². The van der Waals surface area contributed by atoms with Gasteiger partial charge in [-0.15, -0.1) is 11.3 Å². The summed E-state index contributed by atoms with van der Waals surface area (Å²) in [5.41, 5.74) is 2.09. The molecule has 3 aromatic rings. The summed E-state index contributed by atoms with van der Waals surface area (Å²) in [6, 6.07) is 13.4. The molecule has 130 valence electrons. The molecule has 0 aliphatic heterocycles. The molecule has 0 aliphatic rings. The molecular weight excluding hydrogens is 377 g/mol. The van der Waals surface area contributed by atoms with Crippen molar-refractivity contribution in [1.82, 2.24) is 15.1 Å². The van der Waals surface area contributed by atoms with Crippen molar-refractivity contribution in [2.24, 2.45) is 0 Å². The number of carbonyl (C=O) groups excluding carboxylic acids is 1. The molecule has 0 radical (unpaired) electrons. The molecule has 2 heterocycles. The first-order valence-electron chi connectivity index (χ1n) is 7.78. The fraction of sp³-hybridized carbons (Fsp3) is 0.222. The van der Waals surface area contributed by atoms with Gasteiger partial charge in [0.25, 0.3) is 5.91 Å². The Labute approximate surface area is 160 Å². The van der Waals surface area contributed by atoms with Crippen molar-refractivity contribution in [2.75, 3.05) is 0 Å². The quantitative estimate of drug-likeness (QED) is 0.655.